The lowest BCUT2D eigenvalue weighted by Crippen LogP contribution is -2.27. The van der Waals surface area contributed by atoms with E-state index >= 15 is 0 Å². The minimum absolute atomic E-state index is 0.0693. The molecule has 3 aromatic heterocycles. The molecule has 0 radical (unpaired) electrons. The summed E-state index contributed by atoms with van der Waals surface area (Å²) in [5.41, 5.74) is 1.79. The Kier molecular flexibility index (Phi) is 3.78. The molecule has 4 aromatic rings. The van der Waals surface area contributed by atoms with Crippen LogP contribution in [-0.2, 0) is 17.9 Å². The van der Waals surface area contributed by atoms with Crippen molar-refractivity contribution in [2.24, 2.45) is 0 Å². The molecule has 1 N–H and O–H groups in total. The van der Waals surface area contributed by atoms with Gasteiger partial charge in [-0.15, -0.1) is 10.2 Å². The predicted molar refractivity (Wildman–Crippen MR) is 94.5 cm³/mol. The Hall–Kier alpha value is -2.67. The van der Waals surface area contributed by atoms with Crippen molar-refractivity contribution < 1.29 is 4.79 Å². The van der Waals surface area contributed by atoms with Crippen molar-refractivity contribution in [3.05, 3.63) is 65.2 Å². The molecular formula is C17H14BrN5O. The number of rotatable bonds is 4. The van der Waals surface area contributed by atoms with Gasteiger partial charge in [0.2, 0.25) is 5.91 Å². The average molecular weight is 384 g/mol. The lowest BCUT2D eigenvalue weighted by Gasteiger charge is -2.07. The van der Waals surface area contributed by atoms with Crippen LogP contribution in [0.5, 0.6) is 0 Å². The van der Waals surface area contributed by atoms with Crippen LogP contribution >= 0.6 is 15.9 Å². The first kappa shape index (κ1) is 14.9. The molecule has 7 heteroatoms. The number of nitrogens with zero attached hydrogens (tertiary/aromatic N) is 4. The number of nitrogens with one attached hydrogen (secondary N) is 1. The third-order valence-electron chi connectivity index (χ3n) is 3.90. The van der Waals surface area contributed by atoms with Gasteiger partial charge in [0.05, 0.1) is 6.54 Å². The molecule has 0 unspecified atom stereocenters. The number of hydrogen-bond donors (Lipinski definition) is 1. The van der Waals surface area contributed by atoms with Crippen LogP contribution in [0.15, 0.2) is 59.3 Å². The molecule has 0 aliphatic heterocycles. The van der Waals surface area contributed by atoms with Gasteiger partial charge in [-0.05, 0) is 30.3 Å². The molecule has 0 aliphatic rings. The van der Waals surface area contributed by atoms with Gasteiger partial charge < -0.3 is 9.88 Å². The average Bonchev–Trinajstić information content (AvgIpc) is 3.18. The molecule has 0 fully saturated rings. The van der Waals surface area contributed by atoms with E-state index in [1.807, 2.05) is 63.8 Å². The number of fused-ring (bicyclic) bond motifs is 2. The molecule has 0 aliphatic carbocycles. The topological polar surface area (TPSA) is 64.2 Å². The van der Waals surface area contributed by atoms with E-state index in [1.54, 1.807) is 0 Å². The number of aromatic nitrogens is 4. The number of amides is 1. The van der Waals surface area contributed by atoms with Gasteiger partial charge in [-0.2, -0.15) is 0 Å². The van der Waals surface area contributed by atoms with Crippen molar-refractivity contribution >= 4 is 38.4 Å². The Morgan fingerprint density at radius 2 is 2.00 bits per heavy atom. The zero-order chi connectivity index (χ0) is 16.5. The second-order valence-corrected chi connectivity index (χ2v) is 6.29. The first-order chi connectivity index (χ1) is 11.7. The smallest absolute Gasteiger partial charge is 0.240 e. The van der Waals surface area contributed by atoms with E-state index in [2.05, 4.69) is 31.4 Å². The summed E-state index contributed by atoms with van der Waals surface area (Å²) in [5, 5.41) is 12.2. The highest BCUT2D eigenvalue weighted by molar-refractivity contribution is 9.10. The van der Waals surface area contributed by atoms with E-state index in [9.17, 15) is 4.79 Å². The normalized spacial score (nSPS) is 11.2. The number of hydrogen-bond acceptors (Lipinski definition) is 3. The molecule has 4 rings (SSSR count). The van der Waals surface area contributed by atoms with Gasteiger partial charge in [-0.1, -0.05) is 28.1 Å². The standard InChI is InChI=1S/C17H14BrN5O/c18-13-4-3-5-14-12(13)7-9-22(14)11-17(24)19-10-16-21-20-15-6-1-2-8-23(15)16/h1-9H,10-11H2,(H,19,24). The molecular weight excluding hydrogens is 370 g/mol. The Labute approximate surface area is 146 Å². The fourth-order valence-corrected chi connectivity index (χ4v) is 3.21. The van der Waals surface area contributed by atoms with E-state index in [0.29, 0.717) is 12.4 Å². The molecule has 24 heavy (non-hydrogen) atoms. The highest BCUT2D eigenvalue weighted by atomic mass is 79.9. The van der Waals surface area contributed by atoms with Crippen molar-refractivity contribution in [3.63, 3.8) is 0 Å². The first-order valence-corrected chi connectivity index (χ1v) is 8.30. The van der Waals surface area contributed by atoms with Gasteiger partial charge in [0.25, 0.3) is 0 Å². The number of benzene rings is 1. The van der Waals surface area contributed by atoms with E-state index in [4.69, 9.17) is 0 Å². The van der Waals surface area contributed by atoms with Gasteiger partial charge >= 0.3 is 0 Å². The summed E-state index contributed by atoms with van der Waals surface area (Å²) >= 11 is 3.52. The zero-order valence-corrected chi connectivity index (χ0v) is 14.3. The maximum atomic E-state index is 12.3. The van der Waals surface area contributed by atoms with Crippen LogP contribution in [0.2, 0.25) is 0 Å². The molecule has 0 bridgehead atoms. The van der Waals surface area contributed by atoms with E-state index in [0.717, 1.165) is 21.0 Å². The SMILES string of the molecule is O=C(Cn1ccc2c(Br)cccc21)NCc1nnc2ccccn12. The van der Waals surface area contributed by atoms with E-state index in [1.165, 1.54) is 0 Å². The predicted octanol–water partition coefficient (Wildman–Crippen LogP) is 2.76. The van der Waals surface area contributed by atoms with Crippen LogP contribution in [0.25, 0.3) is 16.6 Å². The number of halogens is 1. The summed E-state index contributed by atoms with van der Waals surface area (Å²) in [6.07, 6.45) is 3.80. The molecule has 3 heterocycles. The Bertz CT molecular complexity index is 1040. The minimum atomic E-state index is -0.0693. The summed E-state index contributed by atoms with van der Waals surface area (Å²) in [6, 6.07) is 13.6. The lowest BCUT2D eigenvalue weighted by molar-refractivity contribution is -0.121. The zero-order valence-electron chi connectivity index (χ0n) is 12.7. The number of pyridine rings is 1. The lowest BCUT2D eigenvalue weighted by atomic mass is 10.2. The van der Waals surface area contributed by atoms with Crippen LogP contribution in [0.3, 0.4) is 0 Å². The van der Waals surface area contributed by atoms with Crippen LogP contribution in [0, 0.1) is 0 Å². The summed E-state index contributed by atoms with van der Waals surface area (Å²) < 4.78 is 4.81. The summed E-state index contributed by atoms with van der Waals surface area (Å²) in [7, 11) is 0. The third-order valence-corrected chi connectivity index (χ3v) is 4.59. The molecule has 0 saturated heterocycles. The maximum absolute atomic E-state index is 12.3. The summed E-state index contributed by atoms with van der Waals surface area (Å²) in [5.74, 6) is 0.638. The van der Waals surface area contributed by atoms with Gasteiger partial charge in [0, 0.05) is 27.8 Å². The van der Waals surface area contributed by atoms with Gasteiger partial charge in [0.15, 0.2) is 11.5 Å². The second-order valence-electron chi connectivity index (χ2n) is 5.44. The molecule has 1 aromatic carbocycles. The van der Waals surface area contributed by atoms with Gasteiger partial charge in [0.1, 0.15) is 6.54 Å². The van der Waals surface area contributed by atoms with E-state index < -0.39 is 0 Å². The first-order valence-electron chi connectivity index (χ1n) is 7.51. The highest BCUT2D eigenvalue weighted by Gasteiger charge is 2.10. The number of carbonyl (C=O) groups is 1. The molecule has 0 atom stereocenters. The fraction of sp³-hybridized carbons (Fsp3) is 0.118. The molecule has 0 saturated carbocycles. The molecule has 1 amide bonds. The minimum Gasteiger partial charge on any atom is -0.347 e. The Morgan fingerprint density at radius 3 is 2.92 bits per heavy atom. The van der Waals surface area contributed by atoms with Crippen LogP contribution in [-0.4, -0.2) is 25.1 Å². The Balaban J connectivity index is 1.47. The number of carbonyl (C=O) groups excluding carboxylic acids is 1. The highest BCUT2D eigenvalue weighted by Crippen LogP contribution is 2.24. The van der Waals surface area contributed by atoms with Crippen molar-refractivity contribution in [2.45, 2.75) is 13.1 Å². The van der Waals surface area contributed by atoms with Crippen LogP contribution < -0.4 is 5.32 Å². The fourth-order valence-electron chi connectivity index (χ4n) is 2.72. The summed E-state index contributed by atoms with van der Waals surface area (Å²) in [6.45, 7) is 0.601. The second kappa shape index (κ2) is 6.09. The Morgan fingerprint density at radius 1 is 1.08 bits per heavy atom. The van der Waals surface area contributed by atoms with Gasteiger partial charge in [-0.25, -0.2) is 0 Å². The quantitative estimate of drug-likeness (QED) is 0.589. The largest absolute Gasteiger partial charge is 0.347 e. The molecule has 6 nitrogen and oxygen atoms in total. The van der Waals surface area contributed by atoms with Crippen molar-refractivity contribution in [1.82, 2.24) is 24.5 Å². The van der Waals surface area contributed by atoms with Crippen molar-refractivity contribution in [2.75, 3.05) is 0 Å². The molecule has 120 valence electrons. The van der Waals surface area contributed by atoms with Crippen LogP contribution in [0.4, 0.5) is 0 Å². The maximum Gasteiger partial charge on any atom is 0.240 e. The van der Waals surface area contributed by atoms with E-state index in [-0.39, 0.29) is 12.5 Å². The molecule has 0 spiro atoms. The monoisotopic (exact) mass is 383 g/mol. The summed E-state index contributed by atoms with van der Waals surface area (Å²) in [4.78, 5) is 12.3. The van der Waals surface area contributed by atoms with Gasteiger partial charge in [-0.3, -0.25) is 9.20 Å². The third kappa shape index (κ3) is 2.67. The van der Waals surface area contributed by atoms with Crippen LogP contribution in [0.1, 0.15) is 5.82 Å². The van der Waals surface area contributed by atoms with Crippen molar-refractivity contribution in [3.8, 4) is 0 Å². The van der Waals surface area contributed by atoms with Crippen molar-refractivity contribution in [1.29, 1.82) is 0 Å².